The smallest absolute Gasteiger partial charge is 0.357 e. The first-order valence-electron chi connectivity index (χ1n) is 5.76. The maximum Gasteiger partial charge on any atom is 0.357 e. The minimum Gasteiger partial charge on any atom is -0.461 e. The van der Waals surface area contributed by atoms with Gasteiger partial charge in [-0.1, -0.05) is 6.07 Å². The molecular weight excluding hydrogens is 267 g/mol. The van der Waals surface area contributed by atoms with E-state index in [-0.39, 0.29) is 11.5 Å². The summed E-state index contributed by atoms with van der Waals surface area (Å²) in [5, 5.41) is 5.07. The molecule has 2 rings (SSSR count). The molecule has 0 atom stereocenters. The standard InChI is InChI=1S/C13H13FN2O2S/c1-3-18-12(17)11-7-19-13(16-11)15-9-5-4-8(2)10(14)6-9/h4-7H,3H2,1-2H3,(H,15,16). The number of hydrogen-bond acceptors (Lipinski definition) is 5. The van der Waals surface area contributed by atoms with Crippen molar-refractivity contribution >= 4 is 28.1 Å². The Morgan fingerprint density at radius 3 is 3.00 bits per heavy atom. The minimum atomic E-state index is -0.457. The molecule has 0 spiro atoms. The van der Waals surface area contributed by atoms with Gasteiger partial charge in [0.15, 0.2) is 10.8 Å². The Hall–Kier alpha value is -1.95. The summed E-state index contributed by atoms with van der Waals surface area (Å²) in [7, 11) is 0. The average molecular weight is 280 g/mol. The highest BCUT2D eigenvalue weighted by atomic mass is 32.1. The lowest BCUT2D eigenvalue weighted by Gasteiger charge is -2.03. The molecule has 1 heterocycles. The monoisotopic (exact) mass is 280 g/mol. The number of carbonyl (C=O) groups is 1. The van der Waals surface area contributed by atoms with Gasteiger partial charge >= 0.3 is 5.97 Å². The van der Waals surface area contributed by atoms with Crippen LogP contribution in [-0.4, -0.2) is 17.6 Å². The number of nitrogens with one attached hydrogen (secondary N) is 1. The molecule has 4 nitrogen and oxygen atoms in total. The van der Waals surface area contributed by atoms with Gasteiger partial charge in [-0.3, -0.25) is 0 Å². The van der Waals surface area contributed by atoms with Crippen molar-refractivity contribution in [2.45, 2.75) is 13.8 Å². The van der Waals surface area contributed by atoms with E-state index in [2.05, 4.69) is 10.3 Å². The molecule has 0 fully saturated rings. The third-order valence-corrected chi connectivity index (χ3v) is 3.17. The first-order chi connectivity index (χ1) is 9.10. The molecule has 19 heavy (non-hydrogen) atoms. The molecule has 0 radical (unpaired) electrons. The van der Waals surface area contributed by atoms with Crippen LogP contribution in [-0.2, 0) is 4.74 Å². The van der Waals surface area contributed by atoms with Gasteiger partial charge in [0.25, 0.3) is 0 Å². The Kier molecular flexibility index (Phi) is 4.11. The van der Waals surface area contributed by atoms with E-state index in [1.54, 1.807) is 31.4 Å². The summed E-state index contributed by atoms with van der Waals surface area (Å²) >= 11 is 1.26. The highest BCUT2D eigenvalue weighted by Gasteiger charge is 2.11. The molecular formula is C13H13FN2O2S. The number of aromatic nitrogens is 1. The maximum atomic E-state index is 13.4. The van der Waals surface area contributed by atoms with Crippen LogP contribution in [0.2, 0.25) is 0 Å². The highest BCUT2D eigenvalue weighted by Crippen LogP contribution is 2.22. The van der Waals surface area contributed by atoms with E-state index in [1.807, 2.05) is 0 Å². The number of anilines is 2. The van der Waals surface area contributed by atoms with Crippen LogP contribution in [0.15, 0.2) is 23.6 Å². The zero-order valence-electron chi connectivity index (χ0n) is 10.6. The predicted octanol–water partition coefficient (Wildman–Crippen LogP) is 3.51. The molecule has 2 aromatic rings. The predicted molar refractivity (Wildman–Crippen MR) is 72.5 cm³/mol. The second kappa shape index (κ2) is 5.79. The van der Waals surface area contributed by atoms with Gasteiger partial charge in [-0.05, 0) is 31.5 Å². The van der Waals surface area contributed by atoms with E-state index in [0.29, 0.717) is 23.0 Å². The number of rotatable bonds is 4. The molecule has 0 aliphatic rings. The van der Waals surface area contributed by atoms with Crippen molar-refractivity contribution in [1.82, 2.24) is 4.98 Å². The Morgan fingerprint density at radius 1 is 1.53 bits per heavy atom. The molecule has 0 amide bonds. The zero-order valence-corrected chi connectivity index (χ0v) is 11.4. The van der Waals surface area contributed by atoms with Gasteiger partial charge < -0.3 is 10.1 Å². The van der Waals surface area contributed by atoms with Gasteiger partial charge in [-0.25, -0.2) is 14.2 Å². The van der Waals surface area contributed by atoms with Crippen LogP contribution in [0, 0.1) is 12.7 Å². The van der Waals surface area contributed by atoms with Crippen LogP contribution < -0.4 is 5.32 Å². The fourth-order valence-electron chi connectivity index (χ4n) is 1.42. The number of benzene rings is 1. The van der Waals surface area contributed by atoms with E-state index in [0.717, 1.165) is 0 Å². The molecule has 100 valence electrons. The number of hydrogen-bond donors (Lipinski definition) is 1. The van der Waals surface area contributed by atoms with E-state index in [4.69, 9.17) is 4.74 Å². The third kappa shape index (κ3) is 3.29. The molecule has 0 aliphatic carbocycles. The fraction of sp³-hybridized carbons (Fsp3) is 0.231. The summed E-state index contributed by atoms with van der Waals surface area (Å²) in [6.07, 6.45) is 0. The number of ether oxygens (including phenoxy) is 1. The van der Waals surface area contributed by atoms with Gasteiger partial charge in [-0.2, -0.15) is 0 Å². The van der Waals surface area contributed by atoms with Gasteiger partial charge in [0, 0.05) is 11.1 Å². The van der Waals surface area contributed by atoms with Crippen molar-refractivity contribution < 1.29 is 13.9 Å². The lowest BCUT2D eigenvalue weighted by Crippen LogP contribution is -2.05. The molecule has 0 aliphatic heterocycles. The molecule has 6 heteroatoms. The molecule has 0 saturated heterocycles. The molecule has 0 unspecified atom stereocenters. The third-order valence-electron chi connectivity index (χ3n) is 2.41. The van der Waals surface area contributed by atoms with Crippen LogP contribution in [0.4, 0.5) is 15.2 Å². The van der Waals surface area contributed by atoms with E-state index < -0.39 is 5.97 Å². The Bertz CT molecular complexity index is 598. The number of aryl methyl sites for hydroxylation is 1. The lowest BCUT2D eigenvalue weighted by atomic mass is 10.2. The SMILES string of the molecule is CCOC(=O)c1csc(Nc2ccc(C)c(F)c2)n1. The largest absolute Gasteiger partial charge is 0.461 e. The van der Waals surface area contributed by atoms with Crippen LogP contribution in [0.25, 0.3) is 0 Å². The minimum absolute atomic E-state index is 0.252. The summed E-state index contributed by atoms with van der Waals surface area (Å²) in [6.45, 7) is 3.74. The normalized spacial score (nSPS) is 10.3. The summed E-state index contributed by atoms with van der Waals surface area (Å²) in [5.74, 6) is -0.742. The average Bonchev–Trinajstić information content (AvgIpc) is 2.83. The first-order valence-corrected chi connectivity index (χ1v) is 6.64. The second-order valence-corrected chi connectivity index (χ2v) is 4.71. The summed E-state index contributed by atoms with van der Waals surface area (Å²) in [4.78, 5) is 15.5. The van der Waals surface area contributed by atoms with Gasteiger partial charge in [0.2, 0.25) is 0 Å². The Morgan fingerprint density at radius 2 is 2.32 bits per heavy atom. The number of nitrogens with zero attached hydrogens (tertiary/aromatic N) is 1. The summed E-state index contributed by atoms with van der Waals surface area (Å²) < 4.78 is 18.2. The van der Waals surface area contributed by atoms with Crippen LogP contribution in [0.5, 0.6) is 0 Å². The fourth-order valence-corrected chi connectivity index (χ4v) is 2.12. The highest BCUT2D eigenvalue weighted by molar-refractivity contribution is 7.14. The van der Waals surface area contributed by atoms with Crippen LogP contribution in [0.3, 0.4) is 0 Å². The number of halogens is 1. The summed E-state index contributed by atoms with van der Waals surface area (Å²) in [5.41, 5.74) is 1.42. The van der Waals surface area contributed by atoms with Crippen molar-refractivity contribution in [1.29, 1.82) is 0 Å². The zero-order chi connectivity index (χ0) is 13.8. The molecule has 0 bridgehead atoms. The van der Waals surface area contributed by atoms with Crippen LogP contribution >= 0.6 is 11.3 Å². The number of carbonyl (C=O) groups excluding carboxylic acids is 1. The number of esters is 1. The van der Waals surface area contributed by atoms with Crippen molar-refractivity contribution in [2.75, 3.05) is 11.9 Å². The van der Waals surface area contributed by atoms with Crippen molar-refractivity contribution in [3.8, 4) is 0 Å². The first kappa shape index (κ1) is 13.5. The quantitative estimate of drug-likeness (QED) is 0.871. The van der Waals surface area contributed by atoms with E-state index >= 15 is 0 Å². The maximum absolute atomic E-state index is 13.4. The van der Waals surface area contributed by atoms with Gasteiger partial charge in [0.05, 0.1) is 6.61 Å². The Labute approximate surface area is 114 Å². The van der Waals surface area contributed by atoms with Gasteiger partial charge in [0.1, 0.15) is 5.82 Å². The van der Waals surface area contributed by atoms with Crippen molar-refractivity contribution in [2.24, 2.45) is 0 Å². The van der Waals surface area contributed by atoms with E-state index in [9.17, 15) is 9.18 Å². The second-order valence-electron chi connectivity index (χ2n) is 3.85. The lowest BCUT2D eigenvalue weighted by molar-refractivity contribution is 0.0520. The summed E-state index contributed by atoms with van der Waals surface area (Å²) in [6, 6.07) is 4.82. The molecule has 1 aromatic carbocycles. The number of thiazole rings is 1. The van der Waals surface area contributed by atoms with Crippen LogP contribution in [0.1, 0.15) is 23.0 Å². The van der Waals surface area contributed by atoms with Crippen molar-refractivity contribution in [3.05, 3.63) is 40.7 Å². The molecule has 1 aromatic heterocycles. The Balaban J connectivity index is 2.11. The van der Waals surface area contributed by atoms with Crippen molar-refractivity contribution in [3.63, 3.8) is 0 Å². The van der Waals surface area contributed by atoms with E-state index in [1.165, 1.54) is 17.4 Å². The molecule has 1 N–H and O–H groups in total. The molecule has 0 saturated carbocycles. The van der Waals surface area contributed by atoms with Gasteiger partial charge in [-0.15, -0.1) is 11.3 Å². The topological polar surface area (TPSA) is 51.2 Å².